The number of ether oxygens (including phenoxy) is 1. The van der Waals surface area contributed by atoms with Gasteiger partial charge < -0.3 is 10.1 Å². The molecular weight excluding hydrogens is 280 g/mol. The summed E-state index contributed by atoms with van der Waals surface area (Å²) >= 11 is 5.89. The molecule has 6 heteroatoms. The zero-order valence-corrected chi connectivity index (χ0v) is 12.4. The third-order valence-electron chi connectivity index (χ3n) is 3.30. The number of methoxy groups -OCH3 is 1. The highest BCUT2D eigenvalue weighted by Crippen LogP contribution is 2.26. The van der Waals surface area contributed by atoms with Gasteiger partial charge in [0, 0.05) is 10.6 Å². The molecule has 0 aliphatic carbocycles. The lowest BCUT2D eigenvalue weighted by atomic mass is 10.0. The van der Waals surface area contributed by atoms with Gasteiger partial charge in [0.1, 0.15) is 11.8 Å². The van der Waals surface area contributed by atoms with Crippen LogP contribution in [0, 0.1) is 5.92 Å². The minimum absolute atomic E-state index is 0.0589. The molecule has 108 valence electrons. The monoisotopic (exact) mass is 296 g/mol. The fraction of sp³-hybridized carbons (Fsp3) is 0.429. The van der Waals surface area contributed by atoms with Crippen LogP contribution in [0.15, 0.2) is 18.2 Å². The summed E-state index contributed by atoms with van der Waals surface area (Å²) in [6.45, 7) is 3.97. The summed E-state index contributed by atoms with van der Waals surface area (Å²) in [6, 6.07) is 4.30. The van der Waals surface area contributed by atoms with Gasteiger partial charge in [-0.1, -0.05) is 31.5 Å². The maximum absolute atomic E-state index is 12.2. The molecule has 1 aromatic carbocycles. The van der Waals surface area contributed by atoms with E-state index in [0.717, 1.165) is 5.56 Å². The zero-order chi connectivity index (χ0) is 14.9. The van der Waals surface area contributed by atoms with E-state index in [9.17, 15) is 9.59 Å². The fourth-order valence-electron chi connectivity index (χ4n) is 2.16. The number of carbonyl (C=O) groups excluding carboxylic acids is 2. The molecule has 1 atom stereocenters. The summed E-state index contributed by atoms with van der Waals surface area (Å²) in [6.07, 6.45) is 0. The number of halogens is 1. The molecule has 5 nitrogen and oxygen atoms in total. The molecule has 1 saturated heterocycles. The third kappa shape index (κ3) is 2.72. The van der Waals surface area contributed by atoms with Crippen LogP contribution in [-0.2, 0) is 11.3 Å². The van der Waals surface area contributed by atoms with E-state index in [2.05, 4.69) is 5.32 Å². The van der Waals surface area contributed by atoms with E-state index >= 15 is 0 Å². The molecule has 0 bridgehead atoms. The Hall–Kier alpha value is -1.75. The molecule has 3 amide bonds. The van der Waals surface area contributed by atoms with Crippen molar-refractivity contribution in [2.45, 2.75) is 26.4 Å². The molecule has 0 aromatic heterocycles. The van der Waals surface area contributed by atoms with Crippen molar-refractivity contribution in [1.29, 1.82) is 0 Å². The summed E-state index contributed by atoms with van der Waals surface area (Å²) in [5.41, 5.74) is 0.741. The van der Waals surface area contributed by atoms with Crippen LogP contribution in [0.25, 0.3) is 0 Å². The normalized spacial score (nSPS) is 18.6. The first-order valence-electron chi connectivity index (χ1n) is 6.38. The van der Waals surface area contributed by atoms with Crippen molar-refractivity contribution in [1.82, 2.24) is 10.2 Å². The van der Waals surface area contributed by atoms with Crippen LogP contribution in [0.4, 0.5) is 4.79 Å². The number of nitrogens with one attached hydrogen (secondary N) is 1. The Labute approximate surface area is 122 Å². The lowest BCUT2D eigenvalue weighted by Crippen LogP contribution is -2.34. The Kier molecular flexibility index (Phi) is 4.18. The van der Waals surface area contributed by atoms with Crippen LogP contribution >= 0.6 is 11.6 Å². The number of benzene rings is 1. The smallest absolute Gasteiger partial charge is 0.325 e. The number of amides is 3. The maximum atomic E-state index is 12.2. The Bertz CT molecular complexity index is 545. The number of carbonyl (C=O) groups is 2. The summed E-state index contributed by atoms with van der Waals surface area (Å²) in [7, 11) is 1.53. The highest BCUT2D eigenvalue weighted by atomic mass is 35.5. The van der Waals surface area contributed by atoms with E-state index in [4.69, 9.17) is 16.3 Å². The van der Waals surface area contributed by atoms with E-state index in [1.807, 2.05) is 13.8 Å². The first-order valence-corrected chi connectivity index (χ1v) is 6.76. The standard InChI is InChI=1S/C14H17ClN2O3/c1-8(2)12-13(18)17(14(19)16-12)7-9-4-5-10(15)6-11(9)20-3/h4-6,8,12H,7H2,1-3H3,(H,16,19). The van der Waals surface area contributed by atoms with Crippen molar-refractivity contribution in [3.8, 4) is 5.75 Å². The maximum Gasteiger partial charge on any atom is 0.325 e. The second kappa shape index (κ2) is 5.71. The molecular formula is C14H17ClN2O3. The van der Waals surface area contributed by atoms with E-state index in [-0.39, 0.29) is 24.4 Å². The van der Waals surface area contributed by atoms with Crippen molar-refractivity contribution >= 4 is 23.5 Å². The molecule has 1 fully saturated rings. The van der Waals surface area contributed by atoms with E-state index in [0.29, 0.717) is 10.8 Å². The summed E-state index contributed by atoms with van der Waals surface area (Å²) in [5.74, 6) is 0.414. The molecule has 2 rings (SSSR count). The molecule has 0 spiro atoms. The highest BCUT2D eigenvalue weighted by Gasteiger charge is 2.39. The van der Waals surface area contributed by atoms with Crippen molar-refractivity contribution in [3.63, 3.8) is 0 Å². The molecule has 1 unspecified atom stereocenters. The number of rotatable bonds is 4. The molecule has 1 heterocycles. The minimum atomic E-state index is -0.458. The van der Waals surface area contributed by atoms with Gasteiger partial charge in [-0.25, -0.2) is 4.79 Å². The van der Waals surface area contributed by atoms with Crippen molar-refractivity contribution in [2.24, 2.45) is 5.92 Å². The van der Waals surface area contributed by atoms with Gasteiger partial charge >= 0.3 is 6.03 Å². The zero-order valence-electron chi connectivity index (χ0n) is 11.6. The first-order chi connectivity index (χ1) is 9.43. The Morgan fingerprint density at radius 1 is 1.40 bits per heavy atom. The van der Waals surface area contributed by atoms with Gasteiger partial charge in [-0.2, -0.15) is 0 Å². The molecule has 0 radical (unpaired) electrons. The van der Waals surface area contributed by atoms with Crippen LogP contribution < -0.4 is 10.1 Å². The quantitative estimate of drug-likeness (QED) is 0.868. The second-order valence-corrected chi connectivity index (χ2v) is 5.49. The molecule has 1 N–H and O–H groups in total. The van der Waals surface area contributed by atoms with Gasteiger partial charge in [-0.3, -0.25) is 9.69 Å². The summed E-state index contributed by atoms with van der Waals surface area (Å²) in [4.78, 5) is 25.3. The number of hydrogen-bond donors (Lipinski definition) is 1. The minimum Gasteiger partial charge on any atom is -0.496 e. The van der Waals surface area contributed by atoms with Gasteiger partial charge in [0.25, 0.3) is 5.91 Å². The van der Waals surface area contributed by atoms with Crippen molar-refractivity contribution < 1.29 is 14.3 Å². The number of hydrogen-bond acceptors (Lipinski definition) is 3. The number of nitrogens with zero attached hydrogens (tertiary/aromatic N) is 1. The average Bonchev–Trinajstić information content (AvgIpc) is 2.68. The summed E-state index contributed by atoms with van der Waals surface area (Å²) in [5, 5.41) is 3.24. The Morgan fingerprint density at radius 3 is 2.65 bits per heavy atom. The molecule has 1 aliphatic heterocycles. The fourth-order valence-corrected chi connectivity index (χ4v) is 2.32. The topological polar surface area (TPSA) is 58.6 Å². The molecule has 1 aliphatic rings. The van der Waals surface area contributed by atoms with Crippen molar-refractivity contribution in [2.75, 3.05) is 7.11 Å². The predicted molar refractivity (Wildman–Crippen MR) is 75.7 cm³/mol. The number of imide groups is 1. The van der Waals surface area contributed by atoms with Crippen molar-refractivity contribution in [3.05, 3.63) is 28.8 Å². The van der Waals surface area contributed by atoms with Crippen LogP contribution in [0.3, 0.4) is 0 Å². The van der Waals surface area contributed by atoms with Gasteiger partial charge in [-0.15, -0.1) is 0 Å². The van der Waals surface area contributed by atoms with E-state index < -0.39 is 6.04 Å². The second-order valence-electron chi connectivity index (χ2n) is 5.05. The van der Waals surface area contributed by atoms with Crippen LogP contribution in [0.5, 0.6) is 5.75 Å². The Balaban J connectivity index is 2.22. The first kappa shape index (κ1) is 14.7. The largest absolute Gasteiger partial charge is 0.496 e. The SMILES string of the molecule is COc1cc(Cl)ccc1CN1C(=O)NC(C(C)C)C1=O. The van der Waals surface area contributed by atoms with Gasteiger partial charge in [0.2, 0.25) is 0 Å². The number of urea groups is 1. The van der Waals surface area contributed by atoms with Crippen LogP contribution in [0.2, 0.25) is 5.02 Å². The predicted octanol–water partition coefficient (Wildman–Crippen LogP) is 2.43. The lowest BCUT2D eigenvalue weighted by molar-refractivity contribution is -0.128. The van der Waals surface area contributed by atoms with Crippen LogP contribution in [0.1, 0.15) is 19.4 Å². The lowest BCUT2D eigenvalue weighted by Gasteiger charge is -2.16. The van der Waals surface area contributed by atoms with E-state index in [1.54, 1.807) is 18.2 Å². The highest BCUT2D eigenvalue weighted by molar-refractivity contribution is 6.30. The Morgan fingerprint density at radius 2 is 2.10 bits per heavy atom. The van der Waals surface area contributed by atoms with Gasteiger partial charge in [0.15, 0.2) is 0 Å². The molecule has 1 aromatic rings. The molecule has 0 saturated carbocycles. The van der Waals surface area contributed by atoms with Crippen LogP contribution in [-0.4, -0.2) is 30.0 Å². The average molecular weight is 297 g/mol. The summed E-state index contributed by atoms with van der Waals surface area (Å²) < 4.78 is 5.23. The van der Waals surface area contributed by atoms with E-state index in [1.165, 1.54) is 12.0 Å². The van der Waals surface area contributed by atoms with Gasteiger partial charge in [-0.05, 0) is 18.1 Å². The molecule has 20 heavy (non-hydrogen) atoms. The third-order valence-corrected chi connectivity index (χ3v) is 3.54. The van der Waals surface area contributed by atoms with Gasteiger partial charge in [0.05, 0.1) is 13.7 Å².